The van der Waals surface area contributed by atoms with Crippen LogP contribution in [0.2, 0.25) is 0 Å². The fraction of sp³-hybridized carbons (Fsp3) is 0.108. The van der Waals surface area contributed by atoms with Crippen molar-refractivity contribution in [2.75, 3.05) is 0 Å². The van der Waals surface area contributed by atoms with Gasteiger partial charge in [0, 0.05) is 27.3 Å². The number of nitrogens with zero attached hydrogens (tertiary/aromatic N) is 1. The van der Waals surface area contributed by atoms with Crippen molar-refractivity contribution in [1.29, 1.82) is 0 Å². The van der Waals surface area contributed by atoms with E-state index in [4.69, 9.17) is 0 Å². The van der Waals surface area contributed by atoms with E-state index in [-0.39, 0.29) is 10.8 Å². The van der Waals surface area contributed by atoms with E-state index in [0.717, 1.165) is 0 Å². The average Bonchev–Trinajstić information content (AvgIpc) is 3.89. The van der Waals surface area contributed by atoms with E-state index in [9.17, 15) is 0 Å². The Hall–Kier alpha value is -7.74. The molecule has 66 heavy (non-hydrogen) atoms. The smallest absolute Gasteiger partial charge is 0.0541 e. The molecule has 0 spiro atoms. The summed E-state index contributed by atoms with van der Waals surface area (Å²) in [6, 6.07) is 72.5. The third kappa shape index (κ3) is 6.37. The predicted octanol–water partition coefficient (Wildman–Crippen LogP) is 17.6. The quantitative estimate of drug-likeness (QED) is 0.141. The molecule has 10 aromatic rings. The molecule has 316 valence electrons. The standard InChI is InChI=1S/C65H51N/c1-6-11-42-18-24-46(25-19-42)49-30-34-53-54-35-31-50(40-60(54)65(4,5)59(53)39-49)47-28-22-44(23-29-47)17-16-43-20-26-45(27-21-43)48-32-37-63-57(38-48)56-13-8-10-15-62(56)66(63)51-33-36-55-52-12-7-9-14-58(52)64(2,3)61(55)41-51/h6-41H,1-5H3. The second-order valence-corrected chi connectivity index (χ2v) is 19.3. The summed E-state index contributed by atoms with van der Waals surface area (Å²) in [6.45, 7) is 11.5. The fourth-order valence-corrected chi connectivity index (χ4v) is 11.1. The molecule has 0 fully saturated rings. The van der Waals surface area contributed by atoms with Crippen LogP contribution in [0.15, 0.2) is 200 Å². The number of fused-ring (bicyclic) bond motifs is 9. The first kappa shape index (κ1) is 39.8. The van der Waals surface area contributed by atoms with E-state index < -0.39 is 0 Å². The van der Waals surface area contributed by atoms with Crippen molar-refractivity contribution in [3.8, 4) is 61.3 Å². The molecule has 0 bridgehead atoms. The van der Waals surface area contributed by atoms with Crippen LogP contribution < -0.4 is 0 Å². The molecule has 12 rings (SSSR count). The van der Waals surface area contributed by atoms with E-state index in [1.54, 1.807) is 0 Å². The van der Waals surface area contributed by atoms with E-state index in [0.29, 0.717) is 0 Å². The van der Waals surface area contributed by atoms with Crippen molar-refractivity contribution in [3.63, 3.8) is 0 Å². The van der Waals surface area contributed by atoms with Crippen molar-refractivity contribution >= 4 is 40.0 Å². The molecular weight excluding hydrogens is 795 g/mol. The van der Waals surface area contributed by atoms with Gasteiger partial charge >= 0.3 is 0 Å². The van der Waals surface area contributed by atoms with Gasteiger partial charge in [-0.05, 0) is 144 Å². The zero-order chi connectivity index (χ0) is 44.7. The van der Waals surface area contributed by atoms with Crippen LogP contribution in [0, 0.1) is 0 Å². The van der Waals surface area contributed by atoms with Gasteiger partial charge in [0.2, 0.25) is 0 Å². The summed E-state index contributed by atoms with van der Waals surface area (Å²) in [7, 11) is 0. The monoisotopic (exact) mass is 845 g/mol. The molecule has 0 atom stereocenters. The first-order valence-corrected chi connectivity index (χ1v) is 23.4. The predicted molar refractivity (Wildman–Crippen MR) is 282 cm³/mol. The van der Waals surface area contributed by atoms with Gasteiger partial charge in [-0.2, -0.15) is 0 Å². The highest BCUT2D eigenvalue weighted by atomic mass is 15.0. The van der Waals surface area contributed by atoms with Gasteiger partial charge < -0.3 is 4.57 Å². The summed E-state index contributed by atoms with van der Waals surface area (Å²) in [5.74, 6) is 0. The molecule has 1 heteroatoms. The van der Waals surface area contributed by atoms with Crippen molar-refractivity contribution in [3.05, 3.63) is 239 Å². The number of hydrogen-bond acceptors (Lipinski definition) is 0. The average molecular weight is 846 g/mol. The summed E-state index contributed by atoms with van der Waals surface area (Å²) < 4.78 is 2.45. The molecule has 9 aromatic carbocycles. The van der Waals surface area contributed by atoms with Gasteiger partial charge in [-0.15, -0.1) is 0 Å². The summed E-state index contributed by atoms with van der Waals surface area (Å²) in [4.78, 5) is 0. The third-order valence-corrected chi connectivity index (χ3v) is 14.7. The molecule has 2 aliphatic rings. The molecule has 0 amide bonds. The van der Waals surface area contributed by atoms with Gasteiger partial charge in [0.1, 0.15) is 0 Å². The Balaban J connectivity index is 0.771. The maximum Gasteiger partial charge on any atom is 0.0541 e. The Labute approximate surface area is 388 Å². The number of hydrogen-bond donors (Lipinski definition) is 0. The summed E-state index contributed by atoms with van der Waals surface area (Å²) in [5, 5.41) is 2.54. The lowest BCUT2D eigenvalue weighted by atomic mass is 9.81. The lowest BCUT2D eigenvalue weighted by Gasteiger charge is -2.22. The van der Waals surface area contributed by atoms with Crippen LogP contribution in [-0.4, -0.2) is 4.57 Å². The van der Waals surface area contributed by atoms with Gasteiger partial charge in [0.15, 0.2) is 0 Å². The van der Waals surface area contributed by atoms with E-state index in [1.807, 2.05) is 0 Å². The molecule has 1 heterocycles. The number of rotatable bonds is 7. The van der Waals surface area contributed by atoms with Crippen molar-refractivity contribution in [1.82, 2.24) is 4.57 Å². The number of para-hydroxylation sites is 1. The van der Waals surface area contributed by atoms with Crippen LogP contribution in [0.4, 0.5) is 0 Å². The number of benzene rings is 9. The Morgan fingerprint density at radius 1 is 0.333 bits per heavy atom. The summed E-state index contributed by atoms with van der Waals surface area (Å²) >= 11 is 0. The second kappa shape index (κ2) is 15.2. The SMILES string of the molecule is CC=Cc1ccc(-c2ccc3c(c2)C(C)(C)c2cc(-c4ccc(C=Cc5ccc(-c6ccc7c(c6)c6ccccc6n7-c6ccc7c(c6)C(C)(C)c6ccccc6-7)cc5)cc4)ccc2-3)cc1. The first-order chi connectivity index (χ1) is 32.2. The highest BCUT2D eigenvalue weighted by Gasteiger charge is 2.37. The molecule has 0 saturated carbocycles. The number of allylic oxidation sites excluding steroid dienone is 1. The van der Waals surface area contributed by atoms with Gasteiger partial charge in [0.25, 0.3) is 0 Å². The normalized spacial score (nSPS) is 14.3. The molecule has 0 N–H and O–H groups in total. The van der Waals surface area contributed by atoms with E-state index in [2.05, 4.69) is 258 Å². The molecule has 1 aromatic heterocycles. The van der Waals surface area contributed by atoms with E-state index in [1.165, 1.54) is 122 Å². The molecule has 0 unspecified atom stereocenters. The van der Waals surface area contributed by atoms with Gasteiger partial charge in [-0.1, -0.05) is 204 Å². The number of aromatic nitrogens is 1. The summed E-state index contributed by atoms with van der Waals surface area (Å²) in [6.07, 6.45) is 8.66. The molecule has 1 nitrogen and oxygen atoms in total. The first-order valence-electron chi connectivity index (χ1n) is 23.4. The highest BCUT2D eigenvalue weighted by molar-refractivity contribution is 6.10. The second-order valence-electron chi connectivity index (χ2n) is 19.3. The Bertz CT molecular complexity index is 3610. The lowest BCUT2D eigenvalue weighted by Crippen LogP contribution is -2.15. The molecule has 0 saturated heterocycles. The minimum atomic E-state index is -0.0953. The largest absolute Gasteiger partial charge is 0.309 e. The van der Waals surface area contributed by atoms with Crippen LogP contribution in [0.3, 0.4) is 0 Å². The van der Waals surface area contributed by atoms with Crippen LogP contribution >= 0.6 is 0 Å². The fourth-order valence-electron chi connectivity index (χ4n) is 11.1. The molecular formula is C65H51N. The maximum atomic E-state index is 2.45. The maximum absolute atomic E-state index is 2.45. The Kier molecular flexibility index (Phi) is 9.16. The molecule has 0 aliphatic heterocycles. The Morgan fingerprint density at radius 2 is 0.758 bits per heavy atom. The minimum absolute atomic E-state index is 0.0533. The van der Waals surface area contributed by atoms with Crippen LogP contribution in [0.1, 0.15) is 73.6 Å². The van der Waals surface area contributed by atoms with E-state index >= 15 is 0 Å². The van der Waals surface area contributed by atoms with Crippen molar-refractivity contribution in [2.45, 2.75) is 45.4 Å². The highest BCUT2D eigenvalue weighted by Crippen LogP contribution is 2.52. The molecule has 0 radical (unpaired) electrons. The topological polar surface area (TPSA) is 4.93 Å². The van der Waals surface area contributed by atoms with Gasteiger partial charge in [-0.3, -0.25) is 0 Å². The third-order valence-electron chi connectivity index (χ3n) is 14.7. The van der Waals surface area contributed by atoms with Crippen molar-refractivity contribution < 1.29 is 0 Å². The van der Waals surface area contributed by atoms with Gasteiger partial charge in [-0.25, -0.2) is 0 Å². The summed E-state index contributed by atoms with van der Waals surface area (Å²) in [5.41, 5.74) is 25.5. The Morgan fingerprint density at radius 3 is 1.35 bits per heavy atom. The molecule has 2 aliphatic carbocycles. The van der Waals surface area contributed by atoms with Crippen LogP contribution in [-0.2, 0) is 10.8 Å². The lowest BCUT2D eigenvalue weighted by molar-refractivity contribution is 0.660. The van der Waals surface area contributed by atoms with Crippen LogP contribution in [0.5, 0.6) is 0 Å². The van der Waals surface area contributed by atoms with Gasteiger partial charge in [0.05, 0.1) is 11.0 Å². The van der Waals surface area contributed by atoms with Crippen molar-refractivity contribution in [2.24, 2.45) is 0 Å². The van der Waals surface area contributed by atoms with Crippen LogP contribution in [0.25, 0.3) is 101 Å². The zero-order valence-electron chi connectivity index (χ0n) is 38.2. The minimum Gasteiger partial charge on any atom is -0.309 e. The zero-order valence-corrected chi connectivity index (χ0v) is 38.2.